The van der Waals surface area contributed by atoms with Crippen LogP contribution in [0, 0.1) is 0 Å². The van der Waals surface area contributed by atoms with E-state index in [0.29, 0.717) is 24.6 Å². The maximum absolute atomic E-state index is 12.9. The normalized spacial score (nSPS) is 12.0. The second-order valence-corrected chi connectivity index (χ2v) is 6.32. The Bertz CT molecular complexity index is 982. The third-order valence-electron chi connectivity index (χ3n) is 4.31. The van der Waals surface area contributed by atoms with Crippen molar-refractivity contribution in [2.75, 3.05) is 6.54 Å². The van der Waals surface area contributed by atoms with E-state index in [1.54, 1.807) is 6.07 Å². The van der Waals surface area contributed by atoms with Crippen molar-refractivity contribution in [3.63, 3.8) is 0 Å². The number of benzene rings is 2. The molecule has 0 saturated heterocycles. The number of hydrogen-bond acceptors (Lipinski definition) is 2. The molecular weight excluding hydrogens is 494 g/mol. The zero-order valence-electron chi connectivity index (χ0n) is 16.1. The molecule has 0 unspecified atom stereocenters. The molecule has 2 N–H and O–H groups in total. The maximum Gasteiger partial charge on any atom is 0.416 e. The fourth-order valence-electron chi connectivity index (χ4n) is 2.87. The van der Waals surface area contributed by atoms with E-state index in [2.05, 4.69) is 20.6 Å². The standard InChI is InChI=1S/C20H22F3N5.HI/c1-3-24-19(25-12-14-7-6-8-15(11-14)20(21,22)23)26-13-18-27-16-9-4-5-10-17(16)28(18)2;/h4-11H,3,12-13H2,1-2H3,(H2,24,25,26);1H. The number of nitrogens with zero attached hydrogens (tertiary/aromatic N) is 3. The number of aliphatic imine (C=N–C) groups is 1. The van der Waals surface area contributed by atoms with E-state index in [1.165, 1.54) is 6.07 Å². The van der Waals surface area contributed by atoms with E-state index < -0.39 is 11.7 Å². The first-order chi connectivity index (χ1) is 13.4. The Morgan fingerprint density at radius 3 is 2.55 bits per heavy atom. The lowest BCUT2D eigenvalue weighted by Crippen LogP contribution is -2.37. The number of aromatic nitrogens is 2. The van der Waals surface area contributed by atoms with Gasteiger partial charge in [0.05, 0.1) is 29.7 Å². The summed E-state index contributed by atoms with van der Waals surface area (Å²) in [6.45, 7) is 3.15. The Hall–Kier alpha value is -2.30. The van der Waals surface area contributed by atoms with Gasteiger partial charge in [-0.15, -0.1) is 24.0 Å². The van der Waals surface area contributed by atoms with Gasteiger partial charge in [-0.25, -0.2) is 9.98 Å². The van der Waals surface area contributed by atoms with E-state index in [1.807, 2.05) is 42.8 Å². The largest absolute Gasteiger partial charge is 0.416 e. The predicted octanol–water partition coefficient (Wildman–Crippen LogP) is 4.47. The molecule has 3 aromatic rings. The van der Waals surface area contributed by atoms with Gasteiger partial charge in [0.2, 0.25) is 0 Å². The number of hydrogen-bond donors (Lipinski definition) is 2. The molecular formula is C20H23F3IN5. The zero-order valence-corrected chi connectivity index (χ0v) is 18.5. The van der Waals surface area contributed by atoms with E-state index in [4.69, 9.17) is 0 Å². The maximum atomic E-state index is 12.9. The minimum Gasteiger partial charge on any atom is -0.357 e. The van der Waals surface area contributed by atoms with Gasteiger partial charge in [-0.2, -0.15) is 13.2 Å². The fraction of sp³-hybridized carbons (Fsp3) is 0.300. The molecule has 2 aromatic carbocycles. The molecule has 3 rings (SSSR count). The first-order valence-electron chi connectivity index (χ1n) is 8.97. The van der Waals surface area contributed by atoms with Gasteiger partial charge >= 0.3 is 6.18 Å². The summed E-state index contributed by atoms with van der Waals surface area (Å²) >= 11 is 0. The molecule has 0 bridgehead atoms. The minimum atomic E-state index is -4.36. The van der Waals surface area contributed by atoms with Gasteiger partial charge in [0.25, 0.3) is 0 Å². The van der Waals surface area contributed by atoms with Gasteiger partial charge in [-0.1, -0.05) is 24.3 Å². The van der Waals surface area contributed by atoms with Gasteiger partial charge in [0.1, 0.15) is 5.82 Å². The van der Waals surface area contributed by atoms with Crippen LogP contribution in [0.3, 0.4) is 0 Å². The third-order valence-corrected chi connectivity index (χ3v) is 4.31. The van der Waals surface area contributed by atoms with Gasteiger partial charge < -0.3 is 15.2 Å². The summed E-state index contributed by atoms with van der Waals surface area (Å²) in [6, 6.07) is 13.1. The number of fused-ring (bicyclic) bond motifs is 1. The molecule has 0 aliphatic heterocycles. The quantitative estimate of drug-likeness (QED) is 0.299. The summed E-state index contributed by atoms with van der Waals surface area (Å²) < 4.78 is 40.6. The van der Waals surface area contributed by atoms with Crippen LogP contribution in [0.4, 0.5) is 13.2 Å². The summed E-state index contributed by atoms with van der Waals surface area (Å²) in [6.07, 6.45) is -4.36. The molecule has 0 atom stereocenters. The van der Waals surface area contributed by atoms with Gasteiger partial charge in [-0.05, 0) is 36.8 Å². The van der Waals surface area contributed by atoms with Crippen molar-refractivity contribution < 1.29 is 13.2 Å². The van der Waals surface area contributed by atoms with Crippen molar-refractivity contribution in [2.45, 2.75) is 26.2 Å². The Labute approximate surface area is 184 Å². The van der Waals surface area contributed by atoms with Crippen molar-refractivity contribution in [1.29, 1.82) is 0 Å². The molecule has 0 saturated carbocycles. The molecule has 156 valence electrons. The Morgan fingerprint density at radius 2 is 1.86 bits per heavy atom. The Balaban J connectivity index is 0.00000300. The number of para-hydroxylation sites is 2. The molecule has 1 aromatic heterocycles. The van der Waals surface area contributed by atoms with Crippen LogP contribution < -0.4 is 10.6 Å². The van der Waals surface area contributed by atoms with Crippen LogP contribution in [0.15, 0.2) is 53.5 Å². The SMILES string of the molecule is CCNC(=NCc1cccc(C(F)(F)F)c1)NCc1nc2ccccc2n1C.I. The molecule has 29 heavy (non-hydrogen) atoms. The van der Waals surface area contributed by atoms with Crippen LogP contribution in [0.2, 0.25) is 0 Å². The highest BCUT2D eigenvalue weighted by molar-refractivity contribution is 14.0. The number of guanidine groups is 1. The lowest BCUT2D eigenvalue weighted by molar-refractivity contribution is -0.137. The smallest absolute Gasteiger partial charge is 0.357 e. The summed E-state index contributed by atoms with van der Waals surface area (Å²) in [5.74, 6) is 1.36. The lowest BCUT2D eigenvalue weighted by atomic mass is 10.1. The second-order valence-electron chi connectivity index (χ2n) is 6.32. The summed E-state index contributed by atoms with van der Waals surface area (Å²) in [5, 5.41) is 6.29. The zero-order chi connectivity index (χ0) is 20.1. The lowest BCUT2D eigenvalue weighted by Gasteiger charge is -2.12. The van der Waals surface area contributed by atoms with Crippen molar-refractivity contribution in [3.05, 3.63) is 65.5 Å². The summed E-state index contributed by atoms with van der Waals surface area (Å²) in [5.41, 5.74) is 1.77. The topological polar surface area (TPSA) is 54.2 Å². The average molecular weight is 517 g/mol. The molecule has 0 radical (unpaired) electrons. The molecule has 0 fully saturated rings. The van der Waals surface area contributed by atoms with E-state index in [0.717, 1.165) is 29.0 Å². The van der Waals surface area contributed by atoms with Crippen molar-refractivity contribution in [1.82, 2.24) is 20.2 Å². The Kier molecular flexibility index (Phi) is 7.88. The van der Waals surface area contributed by atoms with Gasteiger partial charge in [0, 0.05) is 13.6 Å². The molecule has 9 heteroatoms. The van der Waals surface area contributed by atoms with Crippen LogP contribution in [0.5, 0.6) is 0 Å². The average Bonchev–Trinajstić information content (AvgIpc) is 3.00. The fourth-order valence-corrected chi connectivity index (χ4v) is 2.87. The molecule has 1 heterocycles. The highest BCUT2D eigenvalue weighted by Gasteiger charge is 2.30. The highest BCUT2D eigenvalue weighted by atomic mass is 127. The molecule has 0 spiro atoms. The molecule has 0 aliphatic rings. The van der Waals surface area contributed by atoms with Crippen molar-refractivity contribution in [2.24, 2.45) is 12.0 Å². The monoisotopic (exact) mass is 517 g/mol. The first kappa shape index (κ1) is 23.0. The number of rotatable bonds is 5. The molecule has 5 nitrogen and oxygen atoms in total. The van der Waals surface area contributed by atoms with Crippen LogP contribution in [0.25, 0.3) is 11.0 Å². The summed E-state index contributed by atoms with van der Waals surface area (Å²) in [7, 11) is 1.94. The van der Waals surface area contributed by atoms with Crippen molar-refractivity contribution >= 4 is 41.0 Å². The van der Waals surface area contributed by atoms with E-state index in [9.17, 15) is 13.2 Å². The Morgan fingerprint density at radius 1 is 1.10 bits per heavy atom. The van der Waals surface area contributed by atoms with Crippen molar-refractivity contribution in [3.8, 4) is 0 Å². The molecule has 0 amide bonds. The second kappa shape index (κ2) is 9.95. The third kappa shape index (κ3) is 5.84. The van der Waals surface area contributed by atoms with Crippen LogP contribution in [-0.2, 0) is 26.3 Å². The molecule has 0 aliphatic carbocycles. The first-order valence-corrected chi connectivity index (χ1v) is 8.97. The van der Waals surface area contributed by atoms with Crippen LogP contribution in [-0.4, -0.2) is 22.1 Å². The predicted molar refractivity (Wildman–Crippen MR) is 119 cm³/mol. The van der Waals surface area contributed by atoms with E-state index in [-0.39, 0.29) is 30.5 Å². The van der Waals surface area contributed by atoms with Crippen LogP contribution in [0.1, 0.15) is 23.9 Å². The van der Waals surface area contributed by atoms with Gasteiger partial charge in [0.15, 0.2) is 5.96 Å². The minimum absolute atomic E-state index is 0. The number of aryl methyl sites for hydroxylation is 1. The summed E-state index contributed by atoms with van der Waals surface area (Å²) in [4.78, 5) is 8.99. The van der Waals surface area contributed by atoms with Crippen LogP contribution >= 0.6 is 24.0 Å². The number of halogens is 4. The highest BCUT2D eigenvalue weighted by Crippen LogP contribution is 2.29. The number of nitrogens with one attached hydrogen (secondary N) is 2. The number of alkyl halides is 3. The van der Waals surface area contributed by atoms with Gasteiger partial charge in [-0.3, -0.25) is 0 Å². The number of imidazole rings is 1. The van der Waals surface area contributed by atoms with E-state index >= 15 is 0 Å².